The first kappa shape index (κ1) is 15.6. The molecule has 1 N–H and O–H groups in total. The highest BCUT2D eigenvalue weighted by molar-refractivity contribution is 7.15. The Balaban J connectivity index is 1.49. The molecule has 2 heterocycles. The number of ether oxygens (including phenoxy) is 2. The summed E-state index contributed by atoms with van der Waals surface area (Å²) in [6.07, 6.45) is 2.07. The SMILES string of the molecule is O=C(Nc1ncc(Cc2ccccc2F)s1)c1cccc2c1OCO2. The lowest BCUT2D eigenvalue weighted by Gasteiger charge is -2.05. The Bertz CT molecular complexity index is 942. The van der Waals surface area contributed by atoms with E-state index < -0.39 is 0 Å². The molecule has 0 atom stereocenters. The van der Waals surface area contributed by atoms with Gasteiger partial charge in [0.05, 0.1) is 5.56 Å². The molecule has 2 aromatic carbocycles. The second-order valence-electron chi connectivity index (χ2n) is 5.39. The van der Waals surface area contributed by atoms with Crippen LogP contribution in [-0.4, -0.2) is 17.7 Å². The number of carbonyl (C=O) groups is 1. The first-order chi connectivity index (χ1) is 12.2. The molecular weight excluding hydrogens is 343 g/mol. The molecule has 126 valence electrons. The van der Waals surface area contributed by atoms with Crippen molar-refractivity contribution in [2.75, 3.05) is 12.1 Å². The van der Waals surface area contributed by atoms with Crippen molar-refractivity contribution in [3.63, 3.8) is 0 Å². The van der Waals surface area contributed by atoms with E-state index in [0.29, 0.717) is 34.2 Å². The number of hydrogen-bond donors (Lipinski definition) is 1. The molecular formula is C18H13FN2O3S. The highest BCUT2D eigenvalue weighted by Crippen LogP contribution is 2.35. The van der Waals surface area contributed by atoms with Crippen LogP contribution in [-0.2, 0) is 6.42 Å². The van der Waals surface area contributed by atoms with Gasteiger partial charge in [-0.25, -0.2) is 9.37 Å². The van der Waals surface area contributed by atoms with E-state index in [2.05, 4.69) is 10.3 Å². The summed E-state index contributed by atoms with van der Waals surface area (Å²) in [4.78, 5) is 17.5. The topological polar surface area (TPSA) is 60.5 Å². The van der Waals surface area contributed by atoms with Crippen molar-refractivity contribution >= 4 is 22.4 Å². The fraction of sp³-hybridized carbons (Fsp3) is 0.111. The molecule has 5 nitrogen and oxygen atoms in total. The number of benzene rings is 2. The molecule has 0 saturated heterocycles. The minimum absolute atomic E-state index is 0.101. The third-order valence-electron chi connectivity index (χ3n) is 3.74. The van der Waals surface area contributed by atoms with Gasteiger partial charge in [0.1, 0.15) is 5.82 Å². The first-order valence-electron chi connectivity index (χ1n) is 7.59. The second kappa shape index (κ2) is 6.52. The first-order valence-corrected chi connectivity index (χ1v) is 8.40. The molecule has 1 aliphatic heterocycles. The van der Waals surface area contributed by atoms with E-state index in [1.54, 1.807) is 42.6 Å². The van der Waals surface area contributed by atoms with Crippen molar-refractivity contribution in [2.24, 2.45) is 0 Å². The number of fused-ring (bicyclic) bond motifs is 1. The van der Waals surface area contributed by atoms with Gasteiger partial charge in [-0.3, -0.25) is 10.1 Å². The van der Waals surface area contributed by atoms with Crippen LogP contribution in [0.3, 0.4) is 0 Å². The van der Waals surface area contributed by atoms with Crippen LogP contribution in [0.2, 0.25) is 0 Å². The molecule has 0 fully saturated rings. The summed E-state index contributed by atoms with van der Waals surface area (Å²) in [5.41, 5.74) is 0.983. The van der Waals surface area contributed by atoms with Gasteiger partial charge < -0.3 is 9.47 Å². The van der Waals surface area contributed by atoms with Gasteiger partial charge >= 0.3 is 0 Å². The van der Waals surface area contributed by atoms with Crippen LogP contribution in [0.25, 0.3) is 0 Å². The van der Waals surface area contributed by atoms with Crippen LogP contribution in [0, 0.1) is 5.82 Å². The van der Waals surface area contributed by atoms with E-state index in [4.69, 9.17) is 9.47 Å². The number of aromatic nitrogens is 1. The predicted octanol–water partition coefficient (Wildman–Crippen LogP) is 3.85. The molecule has 7 heteroatoms. The number of anilines is 1. The molecule has 1 amide bonds. The van der Waals surface area contributed by atoms with E-state index in [1.165, 1.54) is 17.4 Å². The van der Waals surface area contributed by atoms with Crippen LogP contribution < -0.4 is 14.8 Å². The lowest BCUT2D eigenvalue weighted by Crippen LogP contribution is -2.12. The van der Waals surface area contributed by atoms with Crippen LogP contribution in [0.4, 0.5) is 9.52 Å². The number of para-hydroxylation sites is 1. The number of halogens is 1. The number of hydrogen-bond acceptors (Lipinski definition) is 5. The summed E-state index contributed by atoms with van der Waals surface area (Å²) in [5.74, 6) is 0.405. The second-order valence-corrected chi connectivity index (χ2v) is 6.51. The van der Waals surface area contributed by atoms with E-state index >= 15 is 0 Å². The van der Waals surface area contributed by atoms with E-state index in [0.717, 1.165) is 4.88 Å². The Hall–Kier alpha value is -2.93. The molecule has 0 bridgehead atoms. The highest BCUT2D eigenvalue weighted by atomic mass is 32.1. The molecule has 0 aliphatic carbocycles. The maximum atomic E-state index is 13.7. The number of amides is 1. The maximum absolute atomic E-state index is 13.7. The van der Waals surface area contributed by atoms with Gasteiger partial charge in [0.15, 0.2) is 16.6 Å². The summed E-state index contributed by atoms with van der Waals surface area (Å²) in [6.45, 7) is 0.101. The minimum atomic E-state index is -0.325. The number of nitrogens with zero attached hydrogens (tertiary/aromatic N) is 1. The molecule has 0 unspecified atom stereocenters. The Morgan fingerprint density at radius 2 is 2.08 bits per heavy atom. The zero-order valence-electron chi connectivity index (χ0n) is 13.0. The number of carbonyl (C=O) groups excluding carboxylic acids is 1. The van der Waals surface area contributed by atoms with E-state index in [1.807, 2.05) is 0 Å². The van der Waals surface area contributed by atoms with Gasteiger partial charge in [0, 0.05) is 17.5 Å². The largest absolute Gasteiger partial charge is 0.454 e. The standard InChI is InChI=1S/C18H13FN2O3S/c19-14-6-2-1-4-11(14)8-12-9-20-18(25-12)21-17(22)13-5-3-7-15-16(13)24-10-23-15/h1-7,9H,8,10H2,(H,20,21,22). The van der Waals surface area contributed by atoms with Crippen molar-refractivity contribution in [3.8, 4) is 11.5 Å². The summed E-state index contributed by atoms with van der Waals surface area (Å²) in [5, 5.41) is 3.20. The lowest BCUT2D eigenvalue weighted by atomic mass is 10.1. The normalized spacial score (nSPS) is 12.2. The Labute approximate surface area is 147 Å². The lowest BCUT2D eigenvalue weighted by molar-refractivity contribution is 0.102. The third kappa shape index (κ3) is 3.18. The van der Waals surface area contributed by atoms with Crippen molar-refractivity contribution < 1.29 is 18.7 Å². The highest BCUT2D eigenvalue weighted by Gasteiger charge is 2.22. The molecule has 1 aromatic heterocycles. The van der Waals surface area contributed by atoms with Crippen LogP contribution in [0.15, 0.2) is 48.7 Å². The summed E-state index contributed by atoms with van der Waals surface area (Å²) in [7, 11) is 0. The Morgan fingerprint density at radius 1 is 1.20 bits per heavy atom. The van der Waals surface area contributed by atoms with Gasteiger partial charge in [-0.2, -0.15) is 0 Å². The van der Waals surface area contributed by atoms with Crippen LogP contribution in [0.5, 0.6) is 11.5 Å². The smallest absolute Gasteiger partial charge is 0.261 e. The van der Waals surface area contributed by atoms with Crippen LogP contribution >= 0.6 is 11.3 Å². The van der Waals surface area contributed by atoms with E-state index in [9.17, 15) is 9.18 Å². The van der Waals surface area contributed by atoms with Gasteiger partial charge in [-0.15, -0.1) is 11.3 Å². The third-order valence-corrected chi connectivity index (χ3v) is 4.65. The monoisotopic (exact) mass is 356 g/mol. The molecule has 1 aliphatic rings. The summed E-state index contributed by atoms with van der Waals surface area (Å²) in [6, 6.07) is 11.7. The Morgan fingerprint density at radius 3 is 2.96 bits per heavy atom. The minimum Gasteiger partial charge on any atom is -0.454 e. The predicted molar refractivity (Wildman–Crippen MR) is 91.8 cm³/mol. The van der Waals surface area contributed by atoms with Crippen molar-refractivity contribution in [3.05, 3.63) is 70.5 Å². The van der Waals surface area contributed by atoms with Gasteiger partial charge in [-0.05, 0) is 23.8 Å². The fourth-order valence-electron chi connectivity index (χ4n) is 2.55. The Kier molecular flexibility index (Phi) is 4.07. The maximum Gasteiger partial charge on any atom is 0.261 e. The van der Waals surface area contributed by atoms with Crippen LogP contribution in [0.1, 0.15) is 20.8 Å². The molecule has 0 spiro atoms. The molecule has 0 radical (unpaired) electrons. The quantitative estimate of drug-likeness (QED) is 0.771. The number of nitrogens with one attached hydrogen (secondary N) is 1. The zero-order valence-corrected chi connectivity index (χ0v) is 13.8. The fourth-order valence-corrected chi connectivity index (χ4v) is 3.38. The van der Waals surface area contributed by atoms with Gasteiger partial charge in [-0.1, -0.05) is 24.3 Å². The average molecular weight is 356 g/mol. The summed E-state index contributed by atoms with van der Waals surface area (Å²) >= 11 is 1.31. The van der Waals surface area contributed by atoms with E-state index in [-0.39, 0.29) is 18.5 Å². The average Bonchev–Trinajstić information content (AvgIpc) is 3.25. The van der Waals surface area contributed by atoms with Crippen molar-refractivity contribution in [1.29, 1.82) is 0 Å². The van der Waals surface area contributed by atoms with Gasteiger partial charge in [0.25, 0.3) is 5.91 Å². The number of rotatable bonds is 4. The van der Waals surface area contributed by atoms with Crippen molar-refractivity contribution in [1.82, 2.24) is 4.98 Å². The molecule has 4 rings (SSSR count). The molecule has 25 heavy (non-hydrogen) atoms. The van der Waals surface area contributed by atoms with Crippen molar-refractivity contribution in [2.45, 2.75) is 6.42 Å². The van der Waals surface area contributed by atoms with Gasteiger partial charge in [0.2, 0.25) is 6.79 Å². The number of thiazole rings is 1. The molecule has 0 saturated carbocycles. The summed E-state index contributed by atoms with van der Waals surface area (Å²) < 4.78 is 24.3. The molecule has 3 aromatic rings. The zero-order chi connectivity index (χ0) is 17.2.